The summed E-state index contributed by atoms with van der Waals surface area (Å²) in [5.41, 5.74) is 0. The molecule has 1 N–H and O–H groups in total. The summed E-state index contributed by atoms with van der Waals surface area (Å²) < 4.78 is 22.1. The van der Waals surface area contributed by atoms with Crippen molar-refractivity contribution in [3.8, 4) is 0 Å². The van der Waals surface area contributed by atoms with E-state index in [2.05, 4.69) is 21.2 Å². The van der Waals surface area contributed by atoms with Crippen LogP contribution >= 0.6 is 15.9 Å². The number of sulfone groups is 1. The first-order valence-corrected chi connectivity index (χ1v) is 7.53. The first-order valence-electron chi connectivity index (χ1n) is 4.59. The molecule has 0 aliphatic rings. The van der Waals surface area contributed by atoms with Crippen molar-refractivity contribution in [1.82, 2.24) is 5.32 Å². The Kier molecular flexibility index (Phi) is 8.00. The van der Waals surface area contributed by atoms with Gasteiger partial charge in [0, 0.05) is 11.1 Å². The van der Waals surface area contributed by atoms with Gasteiger partial charge in [0.05, 0.1) is 5.75 Å². The van der Waals surface area contributed by atoms with E-state index < -0.39 is 9.84 Å². The molecule has 0 amide bonds. The number of nitrogens with one attached hydrogen (secondary N) is 1. The predicted octanol–water partition coefficient (Wildman–Crippen LogP) is 1.19. The fourth-order valence-corrected chi connectivity index (χ4v) is 2.03. The lowest BCUT2D eigenvalue weighted by molar-refractivity contribution is 0.589. The molecular formula is C8H18BrNO2S. The van der Waals surface area contributed by atoms with Gasteiger partial charge in [-0.1, -0.05) is 22.9 Å². The summed E-state index contributed by atoms with van der Waals surface area (Å²) in [5, 5.41) is 4.18. The number of halogens is 1. The van der Waals surface area contributed by atoms with Crippen LogP contribution in [0.2, 0.25) is 0 Å². The van der Waals surface area contributed by atoms with E-state index in [0.717, 1.165) is 31.3 Å². The van der Waals surface area contributed by atoms with Gasteiger partial charge in [-0.3, -0.25) is 0 Å². The summed E-state index contributed by atoms with van der Waals surface area (Å²) in [7, 11) is -2.76. The number of hydrogen-bond donors (Lipinski definition) is 1. The molecule has 0 saturated heterocycles. The minimum absolute atomic E-state index is 0.258. The van der Waals surface area contributed by atoms with E-state index in [1.54, 1.807) is 6.92 Å². The first kappa shape index (κ1) is 13.4. The number of rotatable bonds is 8. The third kappa shape index (κ3) is 8.71. The number of hydrogen-bond acceptors (Lipinski definition) is 3. The molecule has 0 unspecified atom stereocenters. The van der Waals surface area contributed by atoms with Gasteiger partial charge in [-0.2, -0.15) is 0 Å². The average molecular weight is 272 g/mol. The molecule has 3 nitrogen and oxygen atoms in total. The highest BCUT2D eigenvalue weighted by atomic mass is 79.9. The van der Waals surface area contributed by atoms with Crippen LogP contribution in [0.15, 0.2) is 0 Å². The molecule has 0 atom stereocenters. The SMILES string of the molecule is CCS(=O)(=O)CCCNCCCBr. The van der Waals surface area contributed by atoms with Gasteiger partial charge in [-0.15, -0.1) is 0 Å². The van der Waals surface area contributed by atoms with E-state index in [0.29, 0.717) is 5.75 Å². The molecule has 0 fully saturated rings. The molecule has 0 heterocycles. The molecular weight excluding hydrogens is 254 g/mol. The molecule has 0 bridgehead atoms. The van der Waals surface area contributed by atoms with Crippen molar-refractivity contribution in [2.24, 2.45) is 0 Å². The van der Waals surface area contributed by atoms with Crippen LogP contribution in [-0.2, 0) is 9.84 Å². The minimum Gasteiger partial charge on any atom is -0.317 e. The van der Waals surface area contributed by atoms with Crippen molar-refractivity contribution < 1.29 is 8.42 Å². The monoisotopic (exact) mass is 271 g/mol. The van der Waals surface area contributed by atoms with Gasteiger partial charge in [0.2, 0.25) is 0 Å². The zero-order chi connectivity index (χ0) is 10.2. The third-order valence-corrected chi connectivity index (χ3v) is 4.09. The molecule has 0 spiro atoms. The molecule has 0 aliphatic carbocycles. The molecule has 0 aliphatic heterocycles. The Hall–Kier alpha value is 0.390. The van der Waals surface area contributed by atoms with Crippen molar-refractivity contribution in [3.05, 3.63) is 0 Å². The van der Waals surface area contributed by atoms with E-state index in [4.69, 9.17) is 0 Å². The molecule has 0 aromatic carbocycles. The van der Waals surface area contributed by atoms with Crippen LogP contribution < -0.4 is 5.32 Å². The van der Waals surface area contributed by atoms with Gasteiger partial charge >= 0.3 is 0 Å². The van der Waals surface area contributed by atoms with Crippen LogP contribution in [0, 0.1) is 0 Å². The second-order valence-electron chi connectivity index (χ2n) is 2.88. The normalized spacial score (nSPS) is 11.8. The van der Waals surface area contributed by atoms with Gasteiger partial charge in [0.25, 0.3) is 0 Å². The van der Waals surface area contributed by atoms with Crippen molar-refractivity contribution in [2.45, 2.75) is 19.8 Å². The van der Waals surface area contributed by atoms with Crippen molar-refractivity contribution in [1.29, 1.82) is 0 Å². The Balaban J connectivity index is 3.26. The maximum atomic E-state index is 11.1. The van der Waals surface area contributed by atoms with Gasteiger partial charge < -0.3 is 5.32 Å². The zero-order valence-electron chi connectivity index (χ0n) is 8.05. The largest absolute Gasteiger partial charge is 0.317 e. The minimum atomic E-state index is -2.76. The lowest BCUT2D eigenvalue weighted by Crippen LogP contribution is -2.20. The average Bonchev–Trinajstić information content (AvgIpc) is 2.11. The Morgan fingerprint density at radius 3 is 2.38 bits per heavy atom. The fraction of sp³-hybridized carbons (Fsp3) is 1.00. The quantitative estimate of drug-likeness (QED) is 0.533. The van der Waals surface area contributed by atoms with E-state index >= 15 is 0 Å². The topological polar surface area (TPSA) is 46.2 Å². The van der Waals surface area contributed by atoms with Crippen molar-refractivity contribution in [2.75, 3.05) is 29.9 Å². The Morgan fingerprint density at radius 1 is 1.23 bits per heavy atom. The van der Waals surface area contributed by atoms with E-state index in [1.165, 1.54) is 0 Å². The van der Waals surface area contributed by atoms with E-state index in [1.807, 2.05) is 0 Å². The maximum absolute atomic E-state index is 11.1. The highest BCUT2D eigenvalue weighted by Gasteiger charge is 2.05. The Morgan fingerprint density at radius 2 is 1.85 bits per heavy atom. The summed E-state index contributed by atoms with van der Waals surface area (Å²) in [6.45, 7) is 3.44. The van der Waals surface area contributed by atoms with Gasteiger partial charge in [0.1, 0.15) is 9.84 Å². The number of alkyl halides is 1. The summed E-state index contributed by atoms with van der Waals surface area (Å²) in [6.07, 6.45) is 1.80. The molecule has 0 aromatic rings. The first-order chi connectivity index (χ1) is 6.12. The standard InChI is InChI=1S/C8H18BrNO2S/c1-2-13(11,12)8-4-7-10-6-3-5-9/h10H,2-8H2,1H3. The third-order valence-electron chi connectivity index (χ3n) is 1.74. The lowest BCUT2D eigenvalue weighted by atomic mass is 10.4. The van der Waals surface area contributed by atoms with Crippen LogP contribution in [0.25, 0.3) is 0 Å². The maximum Gasteiger partial charge on any atom is 0.150 e. The Labute approximate surface area is 89.3 Å². The van der Waals surface area contributed by atoms with Crippen LogP contribution in [0.4, 0.5) is 0 Å². The summed E-state index contributed by atoms with van der Waals surface area (Å²) in [5.74, 6) is 0.569. The van der Waals surface area contributed by atoms with E-state index in [-0.39, 0.29) is 5.75 Å². The zero-order valence-corrected chi connectivity index (χ0v) is 10.5. The summed E-state index contributed by atoms with van der Waals surface area (Å²) >= 11 is 3.33. The van der Waals surface area contributed by atoms with Gasteiger partial charge in [0.15, 0.2) is 0 Å². The van der Waals surface area contributed by atoms with Crippen LogP contribution in [0.1, 0.15) is 19.8 Å². The summed E-state index contributed by atoms with van der Waals surface area (Å²) in [6, 6.07) is 0. The van der Waals surface area contributed by atoms with Crippen molar-refractivity contribution >= 4 is 25.8 Å². The van der Waals surface area contributed by atoms with Gasteiger partial charge in [-0.05, 0) is 25.9 Å². The molecule has 0 saturated carbocycles. The Bertz CT molecular complexity index is 204. The smallest absolute Gasteiger partial charge is 0.150 e. The highest BCUT2D eigenvalue weighted by Crippen LogP contribution is 1.92. The molecule has 80 valence electrons. The molecule has 13 heavy (non-hydrogen) atoms. The van der Waals surface area contributed by atoms with Crippen molar-refractivity contribution in [3.63, 3.8) is 0 Å². The van der Waals surface area contributed by atoms with Crippen LogP contribution in [-0.4, -0.2) is 38.3 Å². The molecule has 0 aromatic heterocycles. The fourth-order valence-electron chi connectivity index (χ4n) is 0.878. The molecule has 0 radical (unpaired) electrons. The van der Waals surface area contributed by atoms with E-state index in [9.17, 15) is 8.42 Å². The van der Waals surface area contributed by atoms with Crippen LogP contribution in [0.5, 0.6) is 0 Å². The van der Waals surface area contributed by atoms with Gasteiger partial charge in [-0.25, -0.2) is 8.42 Å². The molecule has 5 heteroatoms. The van der Waals surface area contributed by atoms with Crippen LogP contribution in [0.3, 0.4) is 0 Å². The molecule has 0 rings (SSSR count). The highest BCUT2D eigenvalue weighted by molar-refractivity contribution is 9.09. The second-order valence-corrected chi connectivity index (χ2v) is 6.15. The second kappa shape index (κ2) is 7.76. The predicted molar refractivity (Wildman–Crippen MR) is 60.2 cm³/mol. The lowest BCUT2D eigenvalue weighted by Gasteiger charge is -2.03. The summed E-state index contributed by atoms with van der Waals surface area (Å²) in [4.78, 5) is 0.